The molecule has 0 aliphatic carbocycles. The Labute approximate surface area is 160 Å². The zero-order valence-corrected chi connectivity index (χ0v) is 14.8. The maximum absolute atomic E-state index is 13.7. The van der Waals surface area contributed by atoms with Crippen molar-refractivity contribution in [3.8, 4) is 0 Å². The van der Waals surface area contributed by atoms with Crippen LogP contribution in [0.1, 0.15) is 22.8 Å². The molecule has 0 saturated carbocycles. The van der Waals surface area contributed by atoms with E-state index in [0.717, 1.165) is 23.8 Å². The molecule has 148 valence electrons. The van der Waals surface area contributed by atoms with Crippen molar-refractivity contribution in [3.63, 3.8) is 0 Å². The van der Waals surface area contributed by atoms with Gasteiger partial charge in [-0.05, 0) is 29.3 Å². The zero-order chi connectivity index (χ0) is 20.5. The normalized spacial score (nSPS) is 13.1. The molecule has 2 aromatic rings. The predicted molar refractivity (Wildman–Crippen MR) is 98.7 cm³/mol. The highest BCUT2D eigenvalue weighted by Crippen LogP contribution is 2.21. The van der Waals surface area contributed by atoms with Crippen molar-refractivity contribution in [1.29, 1.82) is 0 Å². The summed E-state index contributed by atoms with van der Waals surface area (Å²) in [5, 5.41) is 31.2. The summed E-state index contributed by atoms with van der Waals surface area (Å²) in [4.78, 5) is 22.2. The Hall–Kier alpha value is -3.23. The molecule has 2 unspecified atom stereocenters. The lowest BCUT2D eigenvalue weighted by Gasteiger charge is -2.19. The first kappa shape index (κ1) is 21.1. The van der Waals surface area contributed by atoms with E-state index >= 15 is 0 Å². The van der Waals surface area contributed by atoms with E-state index in [9.17, 15) is 24.2 Å². The van der Waals surface area contributed by atoms with Crippen LogP contribution < -0.4 is 5.32 Å². The smallest absolute Gasteiger partial charge is 0.407 e. The Bertz CT molecular complexity index is 840. The molecule has 0 fully saturated rings. The summed E-state index contributed by atoms with van der Waals surface area (Å²) in [6.45, 7) is -0.241. The van der Waals surface area contributed by atoms with Crippen molar-refractivity contribution in [3.05, 3.63) is 77.1 Å². The molecule has 1 amide bonds. The van der Waals surface area contributed by atoms with Crippen LogP contribution in [0, 0.1) is 5.82 Å². The molecule has 8 heteroatoms. The van der Waals surface area contributed by atoms with Gasteiger partial charge in [0, 0.05) is 18.2 Å². The molecule has 0 bridgehead atoms. The first-order valence-corrected chi connectivity index (χ1v) is 8.38. The average Bonchev–Trinajstić information content (AvgIpc) is 2.70. The molecule has 0 radical (unpaired) electrons. The number of carboxylic acids is 1. The Morgan fingerprint density at radius 3 is 2.54 bits per heavy atom. The van der Waals surface area contributed by atoms with Gasteiger partial charge >= 0.3 is 12.1 Å². The first-order valence-electron chi connectivity index (χ1n) is 8.38. The second-order valence-electron chi connectivity index (χ2n) is 5.91. The van der Waals surface area contributed by atoms with Crippen molar-refractivity contribution in [2.45, 2.75) is 18.8 Å². The highest BCUT2D eigenvalue weighted by atomic mass is 19.1. The van der Waals surface area contributed by atoms with Crippen molar-refractivity contribution < 1.29 is 34.0 Å². The minimum Gasteiger partial charge on any atom is -0.478 e. The van der Waals surface area contributed by atoms with E-state index < -0.39 is 30.1 Å². The highest BCUT2D eigenvalue weighted by Gasteiger charge is 2.20. The van der Waals surface area contributed by atoms with E-state index in [1.165, 1.54) is 12.1 Å². The van der Waals surface area contributed by atoms with Crippen LogP contribution in [0.3, 0.4) is 0 Å². The number of alkyl carbamates (subject to hydrolysis) is 1. The number of hydrogen-bond donors (Lipinski definition) is 4. The summed E-state index contributed by atoms with van der Waals surface area (Å²) >= 11 is 0. The second-order valence-corrected chi connectivity index (χ2v) is 5.91. The number of carbonyl (C=O) groups excluding carboxylic acids is 1. The minimum atomic E-state index is -1.42. The van der Waals surface area contributed by atoms with Gasteiger partial charge in [-0.15, -0.1) is 0 Å². The van der Waals surface area contributed by atoms with E-state index in [4.69, 9.17) is 9.84 Å². The molecule has 0 aromatic heterocycles. The molecule has 0 aliphatic heterocycles. The molecule has 4 N–H and O–H groups in total. The predicted octanol–water partition coefficient (Wildman–Crippen LogP) is 2.24. The average molecular weight is 389 g/mol. The van der Waals surface area contributed by atoms with E-state index in [0.29, 0.717) is 0 Å². The second kappa shape index (κ2) is 10.2. The fourth-order valence-electron chi connectivity index (χ4n) is 2.33. The summed E-state index contributed by atoms with van der Waals surface area (Å²) in [6.07, 6.45) is -1.77. The molecule has 28 heavy (non-hydrogen) atoms. The SMILES string of the molecule is O=C(O)/C=C/c1cc(C(O)C(O)CNC(=O)OCc2ccccc2)ccc1F. The van der Waals surface area contributed by atoms with Gasteiger partial charge in [0.1, 0.15) is 24.6 Å². The molecular weight excluding hydrogens is 369 g/mol. The molecule has 2 atom stereocenters. The number of carboxylic acid groups (broad SMARTS) is 1. The van der Waals surface area contributed by atoms with Crippen LogP contribution in [0.5, 0.6) is 0 Å². The van der Waals surface area contributed by atoms with Crippen LogP contribution in [-0.4, -0.2) is 40.0 Å². The number of halogens is 1. The van der Waals surface area contributed by atoms with Gasteiger partial charge in [-0.1, -0.05) is 36.4 Å². The molecule has 2 aromatic carbocycles. The van der Waals surface area contributed by atoms with Gasteiger partial charge in [0.05, 0.1) is 0 Å². The van der Waals surface area contributed by atoms with E-state index in [1.807, 2.05) is 6.07 Å². The largest absolute Gasteiger partial charge is 0.478 e. The van der Waals surface area contributed by atoms with Crippen molar-refractivity contribution >= 4 is 18.1 Å². The van der Waals surface area contributed by atoms with Gasteiger partial charge in [-0.2, -0.15) is 0 Å². The summed E-state index contributed by atoms with van der Waals surface area (Å²) in [5.74, 6) is -1.92. The quantitative estimate of drug-likeness (QED) is 0.515. The molecule has 0 saturated heterocycles. The van der Waals surface area contributed by atoms with Crippen molar-refractivity contribution in [2.24, 2.45) is 0 Å². The number of benzene rings is 2. The standard InChI is InChI=1S/C20H20FNO6/c21-16-8-6-15(10-14(16)7-9-18(24)25)19(26)17(23)11-22-20(27)28-12-13-4-2-1-3-5-13/h1-10,17,19,23,26H,11-12H2,(H,22,27)(H,24,25)/b9-7+. The van der Waals surface area contributed by atoms with Gasteiger partial charge in [0.2, 0.25) is 0 Å². The lowest BCUT2D eigenvalue weighted by atomic mass is 10.0. The first-order chi connectivity index (χ1) is 13.4. The van der Waals surface area contributed by atoms with Crippen LogP contribution in [0.4, 0.5) is 9.18 Å². The Kier molecular flexibility index (Phi) is 7.67. The van der Waals surface area contributed by atoms with Gasteiger partial charge in [0.25, 0.3) is 0 Å². The maximum Gasteiger partial charge on any atom is 0.407 e. The maximum atomic E-state index is 13.7. The lowest BCUT2D eigenvalue weighted by Crippen LogP contribution is -2.35. The van der Waals surface area contributed by atoms with Gasteiger partial charge in [-0.3, -0.25) is 0 Å². The van der Waals surface area contributed by atoms with Gasteiger partial charge in [-0.25, -0.2) is 14.0 Å². The molecule has 0 heterocycles. The fourth-order valence-corrected chi connectivity index (χ4v) is 2.33. The third-order valence-corrected chi connectivity index (χ3v) is 3.80. The fraction of sp³-hybridized carbons (Fsp3) is 0.200. The number of aliphatic hydroxyl groups excluding tert-OH is 2. The number of aliphatic carboxylic acids is 1. The number of ether oxygens (including phenoxy) is 1. The molecular formula is C20H20FNO6. The number of hydrogen-bond acceptors (Lipinski definition) is 5. The van der Waals surface area contributed by atoms with Crippen molar-refractivity contribution in [2.75, 3.05) is 6.54 Å². The zero-order valence-electron chi connectivity index (χ0n) is 14.8. The van der Waals surface area contributed by atoms with Crippen LogP contribution in [0.25, 0.3) is 6.08 Å². The number of aliphatic hydroxyl groups is 2. The lowest BCUT2D eigenvalue weighted by molar-refractivity contribution is -0.131. The van der Waals surface area contributed by atoms with E-state index in [1.54, 1.807) is 24.3 Å². The van der Waals surface area contributed by atoms with Crippen molar-refractivity contribution in [1.82, 2.24) is 5.32 Å². The number of amides is 1. The Morgan fingerprint density at radius 2 is 1.86 bits per heavy atom. The monoisotopic (exact) mass is 389 g/mol. The summed E-state index contributed by atoms with van der Waals surface area (Å²) in [6, 6.07) is 12.5. The van der Waals surface area contributed by atoms with Gasteiger partial charge in [0.15, 0.2) is 0 Å². The van der Waals surface area contributed by atoms with E-state index in [-0.39, 0.29) is 24.3 Å². The summed E-state index contributed by atoms with van der Waals surface area (Å²) in [7, 11) is 0. The molecule has 0 aliphatic rings. The number of carbonyl (C=O) groups is 2. The van der Waals surface area contributed by atoms with Crippen LogP contribution in [0.2, 0.25) is 0 Å². The number of rotatable bonds is 8. The molecule has 7 nitrogen and oxygen atoms in total. The number of nitrogens with one attached hydrogen (secondary N) is 1. The Balaban J connectivity index is 1.89. The summed E-state index contributed by atoms with van der Waals surface area (Å²) in [5.41, 5.74) is 0.909. The molecule has 2 rings (SSSR count). The van der Waals surface area contributed by atoms with Crippen LogP contribution >= 0.6 is 0 Å². The summed E-state index contributed by atoms with van der Waals surface area (Å²) < 4.78 is 18.7. The van der Waals surface area contributed by atoms with Gasteiger partial charge < -0.3 is 25.4 Å². The van der Waals surface area contributed by atoms with Crippen LogP contribution in [0.15, 0.2) is 54.6 Å². The third kappa shape index (κ3) is 6.49. The highest BCUT2D eigenvalue weighted by molar-refractivity contribution is 5.85. The van der Waals surface area contributed by atoms with E-state index in [2.05, 4.69) is 5.32 Å². The molecule has 0 spiro atoms. The third-order valence-electron chi connectivity index (χ3n) is 3.80. The topological polar surface area (TPSA) is 116 Å². The Morgan fingerprint density at radius 1 is 1.14 bits per heavy atom. The van der Waals surface area contributed by atoms with Crippen LogP contribution in [-0.2, 0) is 16.1 Å². The minimum absolute atomic E-state index is 0.0543.